The Balaban J connectivity index is 1.73. The minimum atomic E-state index is -3.53. The van der Waals surface area contributed by atoms with Gasteiger partial charge in [0, 0.05) is 5.56 Å². The molecule has 0 amide bonds. The second-order valence-corrected chi connectivity index (χ2v) is 7.90. The molecule has 3 aromatic rings. The molecule has 3 rings (SSSR count). The van der Waals surface area contributed by atoms with Gasteiger partial charge in [-0.2, -0.15) is 5.10 Å². The fraction of sp³-hybridized carbons (Fsp3) is 0.0952. The first-order chi connectivity index (χ1) is 13.0. The molecule has 0 aliphatic heterocycles. The third-order valence-corrected chi connectivity index (χ3v) is 5.82. The van der Waals surface area contributed by atoms with Gasteiger partial charge >= 0.3 is 0 Å². The molecule has 1 N–H and O–H groups in total. The molecule has 138 valence electrons. The maximum atomic E-state index is 12.7. The zero-order chi connectivity index (χ0) is 19.3. The summed E-state index contributed by atoms with van der Waals surface area (Å²) in [6, 6.07) is 20.8. The van der Waals surface area contributed by atoms with Crippen molar-refractivity contribution in [2.24, 2.45) is 5.10 Å². The van der Waals surface area contributed by atoms with Crippen LogP contribution in [0.25, 0.3) is 0 Å². The van der Waals surface area contributed by atoms with Crippen molar-refractivity contribution >= 4 is 21.7 Å². The molecule has 0 aliphatic carbocycles. The van der Waals surface area contributed by atoms with E-state index in [0.29, 0.717) is 5.69 Å². The number of ether oxygens (including phenoxy) is 1. The second-order valence-electron chi connectivity index (χ2n) is 5.95. The molecule has 0 aliphatic rings. The summed E-state index contributed by atoms with van der Waals surface area (Å²) < 4.78 is 30.6. The predicted molar refractivity (Wildman–Crippen MR) is 107 cm³/mol. The number of aryl methyl sites for hydroxylation is 1. The van der Waals surface area contributed by atoms with Crippen LogP contribution in [0.2, 0.25) is 0 Å². The van der Waals surface area contributed by atoms with Crippen LogP contribution in [0.15, 0.2) is 87.7 Å². The van der Waals surface area contributed by atoms with E-state index in [1.54, 1.807) is 61.9 Å². The van der Waals surface area contributed by atoms with Crippen molar-refractivity contribution in [2.75, 3.05) is 12.5 Å². The molecule has 27 heavy (non-hydrogen) atoms. The molecule has 0 saturated heterocycles. The van der Waals surface area contributed by atoms with E-state index in [1.165, 1.54) is 0 Å². The van der Waals surface area contributed by atoms with Crippen LogP contribution < -0.4 is 10.2 Å². The van der Waals surface area contributed by atoms with E-state index in [1.807, 2.05) is 31.2 Å². The van der Waals surface area contributed by atoms with Crippen LogP contribution in [-0.2, 0) is 9.84 Å². The minimum Gasteiger partial charge on any atom is -0.496 e. The number of hydrogen-bond acceptors (Lipinski definition) is 5. The van der Waals surface area contributed by atoms with E-state index in [0.717, 1.165) is 16.9 Å². The van der Waals surface area contributed by atoms with Crippen molar-refractivity contribution in [2.45, 2.75) is 16.7 Å². The van der Waals surface area contributed by atoms with Crippen molar-refractivity contribution in [1.82, 2.24) is 0 Å². The van der Waals surface area contributed by atoms with Crippen molar-refractivity contribution in [3.05, 3.63) is 83.9 Å². The molecule has 0 heterocycles. The Hall–Kier alpha value is -3.12. The van der Waals surface area contributed by atoms with Crippen LogP contribution in [0.1, 0.15) is 11.1 Å². The summed E-state index contributed by atoms with van der Waals surface area (Å²) in [6.07, 6.45) is 1.65. The van der Waals surface area contributed by atoms with E-state index < -0.39 is 9.84 Å². The largest absolute Gasteiger partial charge is 0.496 e. The highest BCUT2D eigenvalue weighted by molar-refractivity contribution is 7.91. The Bertz CT molecular complexity index is 1040. The zero-order valence-corrected chi connectivity index (χ0v) is 15.9. The van der Waals surface area contributed by atoms with E-state index in [9.17, 15) is 8.42 Å². The van der Waals surface area contributed by atoms with Crippen LogP contribution in [0, 0.1) is 6.92 Å². The van der Waals surface area contributed by atoms with Gasteiger partial charge in [-0.3, -0.25) is 5.43 Å². The highest BCUT2D eigenvalue weighted by Crippen LogP contribution is 2.23. The van der Waals surface area contributed by atoms with Crippen LogP contribution in [0.4, 0.5) is 5.69 Å². The summed E-state index contributed by atoms with van der Waals surface area (Å²) in [5.74, 6) is 0.725. The summed E-state index contributed by atoms with van der Waals surface area (Å²) >= 11 is 0. The summed E-state index contributed by atoms with van der Waals surface area (Å²) in [5.41, 5.74) is 5.43. The lowest BCUT2D eigenvalue weighted by Crippen LogP contribution is -2.02. The lowest BCUT2D eigenvalue weighted by molar-refractivity contribution is 0.414. The number of anilines is 1. The second kappa shape index (κ2) is 8.05. The average molecular weight is 380 g/mol. The Labute approximate surface area is 159 Å². The van der Waals surface area contributed by atoms with Crippen molar-refractivity contribution in [1.29, 1.82) is 0 Å². The SMILES string of the molecule is COc1ccccc1/C=N\Nc1ccc(S(=O)(=O)c2ccc(C)cc2)cc1. The van der Waals surface area contributed by atoms with Gasteiger partial charge < -0.3 is 4.74 Å². The highest BCUT2D eigenvalue weighted by Gasteiger charge is 2.17. The number of rotatable bonds is 6. The molecule has 0 unspecified atom stereocenters. The molecule has 6 heteroatoms. The number of nitrogens with zero attached hydrogens (tertiary/aromatic N) is 1. The Morgan fingerprint density at radius 2 is 1.48 bits per heavy atom. The van der Waals surface area contributed by atoms with Crippen molar-refractivity contribution in [3.8, 4) is 5.75 Å². The first-order valence-electron chi connectivity index (χ1n) is 8.34. The number of para-hydroxylation sites is 1. The topological polar surface area (TPSA) is 67.8 Å². The number of methoxy groups -OCH3 is 1. The Morgan fingerprint density at radius 1 is 0.889 bits per heavy atom. The number of sulfone groups is 1. The Morgan fingerprint density at radius 3 is 2.11 bits per heavy atom. The van der Waals surface area contributed by atoms with Crippen LogP contribution in [0.3, 0.4) is 0 Å². The number of hydrazone groups is 1. The normalized spacial score (nSPS) is 11.5. The van der Waals surface area contributed by atoms with Gasteiger partial charge in [0.15, 0.2) is 0 Å². The highest BCUT2D eigenvalue weighted by atomic mass is 32.2. The molecule has 0 atom stereocenters. The number of benzene rings is 3. The van der Waals surface area contributed by atoms with Crippen molar-refractivity contribution in [3.63, 3.8) is 0 Å². The molecule has 0 radical (unpaired) electrons. The molecule has 0 bridgehead atoms. The summed E-state index contributed by atoms with van der Waals surface area (Å²) in [5, 5.41) is 4.18. The molecule has 0 aromatic heterocycles. The minimum absolute atomic E-state index is 0.241. The summed E-state index contributed by atoms with van der Waals surface area (Å²) in [4.78, 5) is 0.522. The van der Waals surface area contributed by atoms with Crippen molar-refractivity contribution < 1.29 is 13.2 Å². The lowest BCUT2D eigenvalue weighted by Gasteiger charge is -2.07. The fourth-order valence-corrected chi connectivity index (χ4v) is 3.77. The fourth-order valence-electron chi connectivity index (χ4n) is 2.51. The van der Waals surface area contributed by atoms with Gasteiger partial charge in [0.2, 0.25) is 9.84 Å². The maximum Gasteiger partial charge on any atom is 0.206 e. The van der Waals surface area contributed by atoms with Gasteiger partial charge in [0.25, 0.3) is 0 Å². The van der Waals surface area contributed by atoms with Gasteiger partial charge in [0.05, 0.1) is 28.8 Å². The molecule has 5 nitrogen and oxygen atoms in total. The smallest absolute Gasteiger partial charge is 0.206 e. The third kappa shape index (κ3) is 4.35. The molecule has 0 fully saturated rings. The number of hydrogen-bond donors (Lipinski definition) is 1. The Kier molecular flexibility index (Phi) is 5.57. The first-order valence-corrected chi connectivity index (χ1v) is 9.83. The van der Waals surface area contributed by atoms with Gasteiger partial charge in [-0.25, -0.2) is 8.42 Å². The van der Waals surface area contributed by atoms with E-state index >= 15 is 0 Å². The standard InChI is InChI=1S/C21H20N2O3S/c1-16-7-11-19(12-8-16)27(24,25)20-13-9-18(10-14-20)23-22-15-17-5-3-4-6-21(17)26-2/h3-15,23H,1-2H3/b22-15-. The lowest BCUT2D eigenvalue weighted by atomic mass is 10.2. The van der Waals surface area contributed by atoms with E-state index in [2.05, 4.69) is 10.5 Å². The molecule has 3 aromatic carbocycles. The maximum absolute atomic E-state index is 12.7. The average Bonchev–Trinajstić information content (AvgIpc) is 2.69. The third-order valence-electron chi connectivity index (χ3n) is 4.03. The van der Waals surface area contributed by atoms with Gasteiger partial charge in [0.1, 0.15) is 5.75 Å². The van der Waals surface area contributed by atoms with Crippen LogP contribution in [0.5, 0.6) is 5.75 Å². The first kappa shape index (κ1) is 18.7. The molecular formula is C21H20N2O3S. The molecular weight excluding hydrogens is 360 g/mol. The van der Waals surface area contributed by atoms with E-state index in [-0.39, 0.29) is 9.79 Å². The molecule has 0 saturated carbocycles. The van der Waals surface area contributed by atoms with Crippen LogP contribution >= 0.6 is 0 Å². The van der Waals surface area contributed by atoms with Gasteiger partial charge in [-0.1, -0.05) is 29.8 Å². The summed E-state index contributed by atoms with van der Waals surface area (Å²) in [6.45, 7) is 1.92. The predicted octanol–water partition coefficient (Wildman–Crippen LogP) is 4.28. The number of nitrogens with one attached hydrogen (secondary N) is 1. The van der Waals surface area contributed by atoms with Gasteiger partial charge in [-0.15, -0.1) is 0 Å². The quantitative estimate of drug-likeness (QED) is 0.512. The van der Waals surface area contributed by atoms with Crippen LogP contribution in [-0.4, -0.2) is 21.7 Å². The van der Waals surface area contributed by atoms with E-state index in [4.69, 9.17) is 4.74 Å². The van der Waals surface area contributed by atoms with Gasteiger partial charge in [-0.05, 0) is 55.5 Å². The summed E-state index contributed by atoms with van der Waals surface area (Å²) in [7, 11) is -1.92. The monoisotopic (exact) mass is 380 g/mol. The molecule has 0 spiro atoms. The zero-order valence-electron chi connectivity index (χ0n) is 15.1.